The maximum Gasteiger partial charge on any atom is 0.338 e. The average Bonchev–Trinajstić information content (AvgIpc) is 2.89. The average molecular weight is 399 g/mol. The number of rotatable bonds is 3. The van der Waals surface area contributed by atoms with E-state index in [4.69, 9.17) is 27.9 Å². The number of ether oxygens (including phenoxy) is 1. The molecule has 2 heterocycles. The van der Waals surface area contributed by atoms with Gasteiger partial charge in [0.2, 0.25) is 5.91 Å². The SMILES string of the molecule is CC[C@H]1SC2=NC(C)=C(C(=O)OC)[C@@H](c3ccc(Cl)cc3Cl)N2C1=O. The van der Waals surface area contributed by atoms with Crippen LogP contribution >= 0.6 is 35.0 Å². The van der Waals surface area contributed by atoms with Crippen LogP contribution in [-0.2, 0) is 14.3 Å². The molecule has 0 aliphatic carbocycles. The van der Waals surface area contributed by atoms with E-state index in [9.17, 15) is 9.59 Å². The van der Waals surface area contributed by atoms with E-state index >= 15 is 0 Å². The lowest BCUT2D eigenvalue weighted by Gasteiger charge is -2.33. The van der Waals surface area contributed by atoms with Gasteiger partial charge in [0.05, 0.1) is 29.7 Å². The van der Waals surface area contributed by atoms with Crippen LogP contribution in [0, 0.1) is 0 Å². The Labute approximate surface area is 160 Å². The molecule has 2 atom stereocenters. The lowest BCUT2D eigenvalue weighted by molar-refractivity contribution is -0.137. The largest absolute Gasteiger partial charge is 0.466 e. The smallest absolute Gasteiger partial charge is 0.338 e. The molecule has 0 spiro atoms. The molecule has 1 fully saturated rings. The number of amidine groups is 1. The minimum absolute atomic E-state index is 0.0869. The number of fused-ring (bicyclic) bond motifs is 1. The molecule has 0 bridgehead atoms. The van der Waals surface area contributed by atoms with Crippen molar-refractivity contribution in [2.75, 3.05) is 7.11 Å². The number of aliphatic imine (C=N–C) groups is 1. The highest BCUT2D eigenvalue weighted by Gasteiger charge is 2.47. The van der Waals surface area contributed by atoms with E-state index in [1.54, 1.807) is 30.0 Å². The Balaban J connectivity index is 2.20. The molecule has 0 saturated carbocycles. The van der Waals surface area contributed by atoms with Gasteiger partial charge in [-0.25, -0.2) is 9.79 Å². The van der Waals surface area contributed by atoms with Crippen molar-refractivity contribution in [1.29, 1.82) is 0 Å². The molecular formula is C17H16Cl2N2O3S. The monoisotopic (exact) mass is 398 g/mol. The minimum atomic E-state index is -0.679. The van der Waals surface area contributed by atoms with Crippen LogP contribution in [0.2, 0.25) is 10.0 Å². The number of amides is 1. The van der Waals surface area contributed by atoms with Crippen molar-refractivity contribution in [2.24, 2.45) is 4.99 Å². The molecule has 0 unspecified atom stereocenters. The maximum atomic E-state index is 12.9. The van der Waals surface area contributed by atoms with Crippen LogP contribution < -0.4 is 0 Å². The highest BCUT2D eigenvalue weighted by molar-refractivity contribution is 8.15. The summed E-state index contributed by atoms with van der Waals surface area (Å²) in [6, 6.07) is 4.33. The summed E-state index contributed by atoms with van der Waals surface area (Å²) in [6.07, 6.45) is 0.673. The number of methoxy groups -OCH3 is 1. The molecule has 132 valence electrons. The summed E-state index contributed by atoms with van der Waals surface area (Å²) < 4.78 is 4.93. The zero-order valence-corrected chi connectivity index (χ0v) is 16.2. The highest BCUT2D eigenvalue weighted by Crippen LogP contribution is 2.45. The second-order valence-corrected chi connectivity index (χ2v) is 7.69. The number of thioether (sulfide) groups is 1. The molecule has 5 nitrogen and oxygen atoms in total. The first-order valence-electron chi connectivity index (χ1n) is 7.71. The number of halogens is 2. The second-order valence-electron chi connectivity index (χ2n) is 5.68. The number of benzene rings is 1. The molecule has 25 heavy (non-hydrogen) atoms. The van der Waals surface area contributed by atoms with E-state index in [1.807, 2.05) is 6.92 Å². The predicted octanol–water partition coefficient (Wildman–Crippen LogP) is 4.21. The number of carbonyl (C=O) groups is 2. The van der Waals surface area contributed by atoms with Crippen LogP contribution in [0.5, 0.6) is 0 Å². The Morgan fingerprint density at radius 2 is 2.12 bits per heavy atom. The van der Waals surface area contributed by atoms with Gasteiger partial charge in [-0.1, -0.05) is 48.0 Å². The number of carbonyl (C=O) groups excluding carboxylic acids is 2. The third-order valence-corrected chi connectivity index (χ3v) is 6.07. The van der Waals surface area contributed by atoms with Crippen LogP contribution in [0.25, 0.3) is 0 Å². The first kappa shape index (κ1) is 18.3. The summed E-state index contributed by atoms with van der Waals surface area (Å²) in [5, 5.41) is 1.22. The van der Waals surface area contributed by atoms with Gasteiger partial charge in [0, 0.05) is 10.0 Å². The normalized spacial score (nSPS) is 22.8. The van der Waals surface area contributed by atoms with E-state index in [-0.39, 0.29) is 11.2 Å². The first-order valence-corrected chi connectivity index (χ1v) is 9.35. The third-order valence-electron chi connectivity index (χ3n) is 4.18. The van der Waals surface area contributed by atoms with Crippen LogP contribution in [-0.4, -0.2) is 34.3 Å². The van der Waals surface area contributed by atoms with E-state index in [0.29, 0.717) is 38.5 Å². The summed E-state index contributed by atoms with van der Waals surface area (Å²) in [4.78, 5) is 31.3. The van der Waals surface area contributed by atoms with Crippen LogP contribution in [0.15, 0.2) is 34.5 Å². The van der Waals surface area contributed by atoms with E-state index < -0.39 is 12.0 Å². The standard InChI is InChI=1S/C17H16Cl2N2O3S/c1-4-12-15(22)21-14(10-6-5-9(18)7-11(10)19)13(16(23)24-3)8(2)20-17(21)25-12/h5-7,12,14H,4H2,1-3H3/t12-,14-/m1/s1. The Morgan fingerprint density at radius 1 is 1.40 bits per heavy atom. The maximum absolute atomic E-state index is 12.9. The van der Waals surface area contributed by atoms with E-state index in [1.165, 1.54) is 18.9 Å². The molecule has 0 N–H and O–H groups in total. The molecule has 1 amide bonds. The number of esters is 1. The lowest BCUT2D eigenvalue weighted by Crippen LogP contribution is -2.40. The van der Waals surface area contributed by atoms with Gasteiger partial charge < -0.3 is 4.74 Å². The number of nitrogens with zero attached hydrogens (tertiary/aromatic N) is 2. The van der Waals surface area contributed by atoms with Gasteiger partial charge in [0.1, 0.15) is 0 Å². The van der Waals surface area contributed by atoms with Gasteiger partial charge in [0.15, 0.2) is 5.17 Å². The van der Waals surface area contributed by atoms with Crippen molar-refractivity contribution in [2.45, 2.75) is 31.6 Å². The zero-order valence-electron chi connectivity index (χ0n) is 13.9. The number of hydrogen-bond donors (Lipinski definition) is 0. The number of allylic oxidation sites excluding steroid dienone is 1. The van der Waals surface area contributed by atoms with Crippen molar-refractivity contribution < 1.29 is 14.3 Å². The second kappa shape index (κ2) is 7.02. The molecule has 0 aromatic heterocycles. The van der Waals surface area contributed by atoms with Crippen molar-refractivity contribution in [3.05, 3.63) is 45.1 Å². The summed E-state index contributed by atoms with van der Waals surface area (Å²) >= 11 is 13.8. The molecule has 1 aromatic rings. The van der Waals surface area contributed by atoms with Crippen molar-refractivity contribution in [3.8, 4) is 0 Å². The summed E-state index contributed by atoms with van der Waals surface area (Å²) in [6.45, 7) is 3.68. The molecule has 1 aromatic carbocycles. The molecule has 8 heteroatoms. The molecular weight excluding hydrogens is 383 g/mol. The van der Waals surface area contributed by atoms with Gasteiger partial charge in [0.25, 0.3) is 0 Å². The van der Waals surface area contributed by atoms with Crippen molar-refractivity contribution in [1.82, 2.24) is 4.90 Å². The molecule has 3 rings (SSSR count). The fourth-order valence-corrected chi connectivity index (χ4v) is 4.62. The minimum Gasteiger partial charge on any atom is -0.466 e. The molecule has 1 saturated heterocycles. The first-order chi connectivity index (χ1) is 11.9. The Kier molecular flexibility index (Phi) is 5.14. The summed E-state index contributed by atoms with van der Waals surface area (Å²) in [5.41, 5.74) is 1.44. The fourth-order valence-electron chi connectivity index (χ4n) is 2.98. The highest BCUT2D eigenvalue weighted by atomic mass is 35.5. The molecule has 2 aliphatic rings. The molecule has 2 aliphatic heterocycles. The Morgan fingerprint density at radius 3 is 2.72 bits per heavy atom. The topological polar surface area (TPSA) is 59.0 Å². The quantitative estimate of drug-likeness (QED) is 0.715. The van der Waals surface area contributed by atoms with Crippen LogP contribution in [0.1, 0.15) is 31.9 Å². The molecule has 0 radical (unpaired) electrons. The van der Waals surface area contributed by atoms with Crippen molar-refractivity contribution in [3.63, 3.8) is 0 Å². The van der Waals surface area contributed by atoms with Crippen molar-refractivity contribution >= 4 is 52.0 Å². The van der Waals surface area contributed by atoms with E-state index in [0.717, 1.165) is 0 Å². The van der Waals surface area contributed by atoms with Gasteiger partial charge >= 0.3 is 5.97 Å². The van der Waals surface area contributed by atoms with Gasteiger partial charge in [-0.3, -0.25) is 9.69 Å². The fraction of sp³-hybridized carbons (Fsp3) is 0.353. The lowest BCUT2D eigenvalue weighted by atomic mass is 9.94. The van der Waals surface area contributed by atoms with E-state index in [2.05, 4.69) is 4.99 Å². The van der Waals surface area contributed by atoms with Crippen LogP contribution in [0.4, 0.5) is 0 Å². The third kappa shape index (κ3) is 3.07. The van der Waals surface area contributed by atoms with Gasteiger partial charge in [-0.2, -0.15) is 0 Å². The number of hydrogen-bond acceptors (Lipinski definition) is 5. The zero-order chi connectivity index (χ0) is 18.3. The van der Waals surface area contributed by atoms with Gasteiger partial charge in [-0.15, -0.1) is 0 Å². The predicted molar refractivity (Wildman–Crippen MR) is 99.9 cm³/mol. The van der Waals surface area contributed by atoms with Gasteiger partial charge in [-0.05, 0) is 31.0 Å². The Hall–Kier alpha value is -1.50. The van der Waals surface area contributed by atoms with Crippen LogP contribution in [0.3, 0.4) is 0 Å². The summed E-state index contributed by atoms with van der Waals surface area (Å²) in [7, 11) is 1.30. The summed E-state index contributed by atoms with van der Waals surface area (Å²) in [5.74, 6) is -0.620. The Bertz CT molecular complexity index is 822.